The fraction of sp³-hybridized carbons (Fsp3) is 0.273. The minimum Gasteiger partial charge on any atom is -0.358 e. The van der Waals surface area contributed by atoms with Crippen molar-refractivity contribution in [1.82, 2.24) is 14.4 Å². The molecule has 8 nitrogen and oxygen atoms in total. The summed E-state index contributed by atoms with van der Waals surface area (Å²) in [5.74, 6) is -0.615. The first-order chi connectivity index (χ1) is 9.23. The summed E-state index contributed by atoms with van der Waals surface area (Å²) in [7, 11) is -3.99. The Morgan fingerprint density at radius 3 is 2.20 bits per heavy atom. The molecule has 0 atom stereocenters. The molecule has 0 bridgehead atoms. The smallest absolute Gasteiger partial charge is 0.358 e. The number of nitro groups is 1. The van der Waals surface area contributed by atoms with Crippen molar-refractivity contribution in [2.75, 3.05) is 0 Å². The summed E-state index contributed by atoms with van der Waals surface area (Å²) in [4.78, 5) is 9.84. The number of benzene rings is 1. The lowest BCUT2D eigenvalue weighted by atomic mass is 10.1. The lowest BCUT2D eigenvalue weighted by molar-refractivity contribution is -0.389. The summed E-state index contributed by atoms with van der Waals surface area (Å²) in [6.07, 6.45) is 0.786. The summed E-state index contributed by atoms with van der Waals surface area (Å²) in [6.45, 7) is 5.19. The molecule has 20 heavy (non-hydrogen) atoms. The van der Waals surface area contributed by atoms with Crippen LogP contribution in [0.3, 0.4) is 0 Å². The van der Waals surface area contributed by atoms with Crippen LogP contribution in [-0.2, 0) is 10.0 Å². The van der Waals surface area contributed by atoms with Crippen molar-refractivity contribution in [2.45, 2.75) is 25.7 Å². The van der Waals surface area contributed by atoms with Gasteiger partial charge in [-0.25, -0.2) is 0 Å². The predicted octanol–water partition coefficient (Wildman–Crippen LogP) is 1.35. The number of rotatable bonds is 3. The van der Waals surface area contributed by atoms with Crippen LogP contribution >= 0.6 is 0 Å². The number of nitrogens with zero attached hydrogens (tertiary/aromatic N) is 4. The van der Waals surface area contributed by atoms with Crippen molar-refractivity contribution in [1.29, 1.82) is 0 Å². The van der Waals surface area contributed by atoms with E-state index in [1.165, 1.54) is 0 Å². The molecule has 2 aromatic rings. The van der Waals surface area contributed by atoms with Gasteiger partial charge < -0.3 is 10.1 Å². The zero-order valence-corrected chi connectivity index (χ0v) is 11.9. The molecule has 0 aliphatic carbocycles. The Hall–Kier alpha value is -2.29. The van der Waals surface area contributed by atoms with E-state index >= 15 is 0 Å². The van der Waals surface area contributed by atoms with Gasteiger partial charge in [0.25, 0.3) is 10.0 Å². The molecule has 0 aliphatic rings. The quantitative estimate of drug-likeness (QED) is 0.624. The topological polar surface area (TPSA) is 108 Å². The van der Waals surface area contributed by atoms with Crippen LogP contribution in [0, 0.1) is 30.9 Å². The summed E-state index contributed by atoms with van der Waals surface area (Å²) >= 11 is 0. The van der Waals surface area contributed by atoms with E-state index in [4.69, 9.17) is 0 Å². The third-order valence-corrected chi connectivity index (χ3v) is 4.59. The average molecular weight is 296 g/mol. The van der Waals surface area contributed by atoms with Crippen LogP contribution in [0.1, 0.15) is 16.7 Å². The first-order valence-corrected chi connectivity index (χ1v) is 7.07. The van der Waals surface area contributed by atoms with Gasteiger partial charge in [0.15, 0.2) is 0 Å². The van der Waals surface area contributed by atoms with Gasteiger partial charge in [0, 0.05) is 0 Å². The molecule has 106 valence electrons. The van der Waals surface area contributed by atoms with Crippen molar-refractivity contribution in [2.24, 2.45) is 0 Å². The van der Waals surface area contributed by atoms with E-state index < -0.39 is 20.8 Å². The molecule has 2 rings (SSSR count). The van der Waals surface area contributed by atoms with Crippen molar-refractivity contribution < 1.29 is 13.3 Å². The molecular weight excluding hydrogens is 284 g/mol. The Labute approximate surface area is 115 Å². The summed E-state index contributed by atoms with van der Waals surface area (Å²) < 4.78 is 25.4. The lowest BCUT2D eigenvalue weighted by Gasteiger charge is -2.10. The molecule has 0 saturated carbocycles. The van der Waals surface area contributed by atoms with Crippen LogP contribution in [0.25, 0.3) is 0 Å². The highest BCUT2D eigenvalue weighted by molar-refractivity contribution is 7.90. The molecule has 1 aromatic heterocycles. The molecule has 0 radical (unpaired) electrons. The maximum atomic E-state index is 12.5. The minimum absolute atomic E-state index is 0.0860. The molecule has 0 unspecified atom stereocenters. The molecule has 0 saturated heterocycles. The number of aromatic nitrogens is 3. The largest absolute Gasteiger partial charge is 0.411 e. The molecular formula is C11H12N4O4S. The van der Waals surface area contributed by atoms with Crippen LogP contribution in [0.5, 0.6) is 0 Å². The van der Waals surface area contributed by atoms with E-state index in [-0.39, 0.29) is 4.90 Å². The van der Waals surface area contributed by atoms with Crippen LogP contribution in [0.4, 0.5) is 5.82 Å². The SMILES string of the molecule is Cc1cc(C)c(S(=O)(=O)n2cc([N+](=O)[O-])nn2)c(C)c1. The van der Waals surface area contributed by atoms with Crippen molar-refractivity contribution in [3.63, 3.8) is 0 Å². The Kier molecular flexibility index (Phi) is 3.30. The normalized spacial score (nSPS) is 11.6. The standard InChI is InChI=1S/C11H12N4O4S/c1-7-4-8(2)11(9(3)5-7)20(18,19)14-6-10(12-13-14)15(16)17/h4-6H,1-3H3. The zero-order valence-electron chi connectivity index (χ0n) is 11.1. The first kappa shape index (κ1) is 14.1. The lowest BCUT2D eigenvalue weighted by Crippen LogP contribution is -2.16. The van der Waals surface area contributed by atoms with Gasteiger partial charge in [0.2, 0.25) is 0 Å². The van der Waals surface area contributed by atoms with Crippen molar-refractivity contribution in [3.05, 3.63) is 45.1 Å². The van der Waals surface area contributed by atoms with Crippen LogP contribution in [0.15, 0.2) is 23.2 Å². The maximum Gasteiger partial charge on any atom is 0.411 e. The van der Waals surface area contributed by atoms with Crippen molar-refractivity contribution >= 4 is 15.8 Å². The number of aryl methyl sites for hydroxylation is 3. The molecule has 9 heteroatoms. The van der Waals surface area contributed by atoms with Gasteiger partial charge >= 0.3 is 5.82 Å². The second kappa shape index (κ2) is 4.67. The van der Waals surface area contributed by atoms with Gasteiger partial charge in [0.1, 0.15) is 11.3 Å². The highest BCUT2D eigenvalue weighted by Crippen LogP contribution is 2.24. The van der Waals surface area contributed by atoms with Crippen molar-refractivity contribution in [3.8, 4) is 0 Å². The number of hydrogen-bond donors (Lipinski definition) is 0. The van der Waals surface area contributed by atoms with E-state index in [9.17, 15) is 18.5 Å². The van der Waals surface area contributed by atoms with Gasteiger partial charge in [-0.2, -0.15) is 8.42 Å². The van der Waals surface area contributed by atoms with E-state index in [1.54, 1.807) is 26.0 Å². The minimum atomic E-state index is -3.99. The number of hydrogen-bond acceptors (Lipinski definition) is 6. The predicted molar refractivity (Wildman–Crippen MR) is 69.9 cm³/mol. The van der Waals surface area contributed by atoms with E-state index in [0.29, 0.717) is 15.2 Å². The molecule has 0 N–H and O–H groups in total. The van der Waals surface area contributed by atoms with Gasteiger partial charge in [-0.3, -0.25) is 0 Å². The fourth-order valence-electron chi connectivity index (χ4n) is 2.11. The summed E-state index contributed by atoms with van der Waals surface area (Å²) in [5.41, 5.74) is 2.05. The van der Waals surface area contributed by atoms with Crippen LogP contribution in [-0.4, -0.2) is 27.7 Å². The molecule has 0 aliphatic heterocycles. The highest BCUT2D eigenvalue weighted by atomic mass is 32.2. The second-order valence-electron chi connectivity index (χ2n) is 4.44. The fourth-order valence-corrected chi connectivity index (χ4v) is 3.59. The van der Waals surface area contributed by atoms with E-state index in [0.717, 1.165) is 11.8 Å². The van der Waals surface area contributed by atoms with E-state index in [2.05, 4.69) is 10.3 Å². The van der Waals surface area contributed by atoms with Crippen LogP contribution < -0.4 is 0 Å². The molecule has 0 fully saturated rings. The van der Waals surface area contributed by atoms with Gasteiger partial charge in [-0.05, 0) is 36.8 Å². The van der Waals surface area contributed by atoms with Gasteiger partial charge in [-0.1, -0.05) is 17.7 Å². The monoisotopic (exact) mass is 296 g/mol. The molecule has 0 spiro atoms. The first-order valence-electron chi connectivity index (χ1n) is 5.63. The molecule has 0 amide bonds. The van der Waals surface area contributed by atoms with Gasteiger partial charge in [0.05, 0.1) is 10.1 Å². The Bertz CT molecular complexity index is 771. The molecule has 1 aromatic carbocycles. The Morgan fingerprint density at radius 1 is 1.20 bits per heavy atom. The third kappa shape index (κ3) is 2.27. The average Bonchev–Trinajstić information content (AvgIpc) is 2.76. The zero-order chi connectivity index (χ0) is 15.1. The second-order valence-corrected chi connectivity index (χ2v) is 6.17. The third-order valence-electron chi connectivity index (χ3n) is 2.76. The Balaban J connectivity index is 2.63. The highest BCUT2D eigenvalue weighted by Gasteiger charge is 2.27. The summed E-state index contributed by atoms with van der Waals surface area (Å²) in [5, 5.41) is 17.1. The summed E-state index contributed by atoms with van der Waals surface area (Å²) in [6, 6.07) is 3.45. The maximum absolute atomic E-state index is 12.5. The molecule has 1 heterocycles. The van der Waals surface area contributed by atoms with E-state index in [1.807, 2.05) is 6.92 Å². The van der Waals surface area contributed by atoms with Crippen LogP contribution in [0.2, 0.25) is 0 Å². The Morgan fingerprint density at radius 2 is 1.75 bits per heavy atom. The van der Waals surface area contributed by atoms with Gasteiger partial charge in [-0.15, -0.1) is 4.09 Å².